The summed E-state index contributed by atoms with van der Waals surface area (Å²) in [6.45, 7) is 3.33. The number of halogens is 1. The minimum Gasteiger partial charge on any atom is -0.368 e. The van der Waals surface area contributed by atoms with E-state index in [-0.39, 0.29) is 4.90 Å². The smallest absolute Gasteiger partial charge is 0.240 e. The average molecular weight is 330 g/mol. The summed E-state index contributed by atoms with van der Waals surface area (Å²) in [6, 6.07) is 4.10. The van der Waals surface area contributed by atoms with E-state index in [1.165, 1.54) is 6.07 Å². The van der Waals surface area contributed by atoms with Gasteiger partial charge < -0.3 is 10.3 Å². The van der Waals surface area contributed by atoms with Crippen LogP contribution in [0.15, 0.2) is 23.1 Å². The van der Waals surface area contributed by atoms with E-state index in [1.807, 2.05) is 0 Å². The first-order valence-corrected chi connectivity index (χ1v) is 8.61. The number of aromatic nitrogens is 2. The number of carbonyl (C=O) groups excluding carboxylic acids is 1. The average Bonchev–Trinajstić information content (AvgIpc) is 2.75. The summed E-state index contributed by atoms with van der Waals surface area (Å²) >= 11 is 6.11. The maximum absolute atomic E-state index is 11.9. The van der Waals surface area contributed by atoms with Gasteiger partial charge in [0.1, 0.15) is 17.4 Å². The Labute approximate surface area is 127 Å². The molecule has 0 saturated heterocycles. The number of imidazole rings is 1. The van der Waals surface area contributed by atoms with E-state index in [1.54, 1.807) is 30.5 Å². The van der Waals surface area contributed by atoms with Crippen LogP contribution in [0, 0.1) is 0 Å². The zero-order valence-corrected chi connectivity index (χ0v) is 13.4. The van der Waals surface area contributed by atoms with Crippen LogP contribution in [-0.4, -0.2) is 30.1 Å². The van der Waals surface area contributed by atoms with Crippen LogP contribution >= 0.6 is 11.6 Å². The highest BCUT2D eigenvalue weighted by Crippen LogP contribution is 2.31. The van der Waals surface area contributed by atoms with Crippen LogP contribution in [0.5, 0.6) is 0 Å². The van der Waals surface area contributed by atoms with E-state index < -0.39 is 27.2 Å². The Morgan fingerprint density at radius 1 is 1.38 bits per heavy atom. The van der Waals surface area contributed by atoms with Gasteiger partial charge in [-0.1, -0.05) is 6.07 Å². The molecule has 1 aromatic carbocycles. The fourth-order valence-electron chi connectivity index (χ4n) is 2.22. The molecule has 0 bridgehead atoms. The molecule has 8 heteroatoms. The molecule has 2 atom stereocenters. The number of primary amides is 1. The molecule has 0 aliphatic heterocycles. The molecule has 0 aliphatic rings. The highest BCUT2D eigenvalue weighted by atomic mass is 35.5. The van der Waals surface area contributed by atoms with Gasteiger partial charge in [0.2, 0.25) is 5.91 Å². The number of nitrogens with zero attached hydrogens (tertiary/aromatic N) is 2. The van der Waals surface area contributed by atoms with E-state index in [0.717, 1.165) is 6.26 Å². The molecule has 0 saturated carbocycles. The van der Waals surface area contributed by atoms with Crippen molar-refractivity contribution in [2.45, 2.75) is 30.2 Å². The lowest BCUT2D eigenvalue weighted by Crippen LogP contribution is -2.25. The SMILES string of the molecule is CC(Cl)c1nc2c(S(C)(=O)=O)cccc2n1C(C)C(N)=O. The van der Waals surface area contributed by atoms with Crippen LogP contribution in [0.3, 0.4) is 0 Å². The van der Waals surface area contributed by atoms with Crippen LogP contribution in [0.25, 0.3) is 11.0 Å². The Bertz CT molecular complexity index is 811. The van der Waals surface area contributed by atoms with Gasteiger partial charge in [-0.05, 0) is 26.0 Å². The summed E-state index contributed by atoms with van der Waals surface area (Å²) in [7, 11) is -3.44. The first-order valence-electron chi connectivity index (χ1n) is 6.29. The second kappa shape index (κ2) is 5.31. The molecule has 2 aromatic rings. The molecular weight excluding hydrogens is 314 g/mol. The molecule has 0 aliphatic carbocycles. The molecule has 2 N–H and O–H groups in total. The van der Waals surface area contributed by atoms with Crippen LogP contribution in [0.4, 0.5) is 0 Å². The number of hydrogen-bond acceptors (Lipinski definition) is 4. The van der Waals surface area contributed by atoms with Crippen LogP contribution in [0.1, 0.15) is 31.1 Å². The van der Waals surface area contributed by atoms with Crippen LogP contribution in [-0.2, 0) is 14.6 Å². The van der Waals surface area contributed by atoms with Crippen molar-refractivity contribution in [3.8, 4) is 0 Å². The lowest BCUT2D eigenvalue weighted by molar-refractivity contribution is -0.120. The molecule has 1 aromatic heterocycles. The number of sulfone groups is 1. The van der Waals surface area contributed by atoms with Gasteiger partial charge >= 0.3 is 0 Å². The van der Waals surface area contributed by atoms with E-state index in [2.05, 4.69) is 4.98 Å². The van der Waals surface area contributed by atoms with Gasteiger partial charge in [0.05, 0.1) is 15.8 Å². The summed E-state index contributed by atoms with van der Waals surface area (Å²) in [4.78, 5) is 15.9. The minimum absolute atomic E-state index is 0.106. The Kier molecular flexibility index (Phi) is 3.99. The molecule has 0 radical (unpaired) electrons. The molecule has 1 heterocycles. The Morgan fingerprint density at radius 2 is 2.00 bits per heavy atom. The number of carbonyl (C=O) groups is 1. The van der Waals surface area contributed by atoms with Gasteiger partial charge in [-0.15, -0.1) is 11.6 Å². The number of hydrogen-bond donors (Lipinski definition) is 1. The standard InChI is InChI=1S/C13H16ClN3O3S/c1-7(14)13-16-11-9(17(13)8(2)12(15)18)5-4-6-10(11)21(3,19)20/h4-8H,1-3H3,(H2,15,18). The number of para-hydroxylation sites is 1. The molecule has 21 heavy (non-hydrogen) atoms. The summed E-state index contributed by atoms with van der Waals surface area (Å²) < 4.78 is 25.3. The predicted molar refractivity (Wildman–Crippen MR) is 81.0 cm³/mol. The lowest BCUT2D eigenvalue weighted by atomic mass is 10.2. The van der Waals surface area contributed by atoms with Gasteiger partial charge in [-0.3, -0.25) is 4.79 Å². The van der Waals surface area contributed by atoms with Crippen LogP contribution in [0.2, 0.25) is 0 Å². The second-order valence-corrected chi connectivity index (χ2v) is 7.57. The highest BCUT2D eigenvalue weighted by molar-refractivity contribution is 7.91. The first-order chi connectivity index (χ1) is 9.64. The van der Waals surface area contributed by atoms with Gasteiger partial charge in [0.15, 0.2) is 9.84 Å². The van der Waals surface area contributed by atoms with E-state index in [0.29, 0.717) is 16.9 Å². The van der Waals surface area contributed by atoms with E-state index in [4.69, 9.17) is 17.3 Å². The molecule has 2 rings (SSSR count). The van der Waals surface area contributed by atoms with Gasteiger partial charge in [-0.2, -0.15) is 0 Å². The largest absolute Gasteiger partial charge is 0.368 e. The Morgan fingerprint density at radius 3 is 2.48 bits per heavy atom. The number of fused-ring (bicyclic) bond motifs is 1. The van der Waals surface area contributed by atoms with Crippen molar-refractivity contribution in [1.29, 1.82) is 0 Å². The fraction of sp³-hybridized carbons (Fsp3) is 0.385. The zero-order chi connectivity index (χ0) is 15.9. The molecular formula is C13H16ClN3O3S. The highest BCUT2D eigenvalue weighted by Gasteiger charge is 2.25. The van der Waals surface area contributed by atoms with Crippen molar-refractivity contribution in [1.82, 2.24) is 9.55 Å². The summed E-state index contributed by atoms with van der Waals surface area (Å²) in [5.74, 6) is -0.133. The van der Waals surface area contributed by atoms with Crippen molar-refractivity contribution in [2.24, 2.45) is 5.73 Å². The van der Waals surface area contributed by atoms with Gasteiger partial charge in [-0.25, -0.2) is 13.4 Å². The number of nitrogens with two attached hydrogens (primary N) is 1. The van der Waals surface area contributed by atoms with Crippen molar-refractivity contribution < 1.29 is 13.2 Å². The third-order valence-corrected chi connectivity index (χ3v) is 4.59. The fourth-order valence-corrected chi connectivity index (χ4v) is 3.20. The van der Waals surface area contributed by atoms with Gasteiger partial charge in [0, 0.05) is 6.26 Å². The Balaban J connectivity index is 2.90. The number of amides is 1. The van der Waals surface area contributed by atoms with E-state index in [9.17, 15) is 13.2 Å². The third kappa shape index (κ3) is 2.75. The van der Waals surface area contributed by atoms with Crippen molar-refractivity contribution >= 4 is 38.4 Å². The molecule has 114 valence electrons. The van der Waals surface area contributed by atoms with Crippen molar-refractivity contribution in [3.05, 3.63) is 24.0 Å². The number of rotatable bonds is 4. The molecule has 2 unspecified atom stereocenters. The maximum atomic E-state index is 11.9. The summed E-state index contributed by atoms with van der Waals surface area (Å²) in [5.41, 5.74) is 6.18. The molecule has 1 amide bonds. The Hall–Kier alpha value is -1.60. The maximum Gasteiger partial charge on any atom is 0.240 e. The normalized spacial score (nSPS) is 15.0. The second-order valence-electron chi connectivity index (χ2n) is 4.93. The summed E-state index contributed by atoms with van der Waals surface area (Å²) in [6.07, 6.45) is 1.11. The van der Waals surface area contributed by atoms with Gasteiger partial charge in [0.25, 0.3) is 0 Å². The van der Waals surface area contributed by atoms with Crippen molar-refractivity contribution in [2.75, 3.05) is 6.26 Å². The third-order valence-electron chi connectivity index (χ3n) is 3.26. The van der Waals surface area contributed by atoms with E-state index >= 15 is 0 Å². The van der Waals surface area contributed by atoms with Crippen LogP contribution < -0.4 is 5.73 Å². The zero-order valence-electron chi connectivity index (χ0n) is 11.9. The molecule has 6 nitrogen and oxygen atoms in total. The van der Waals surface area contributed by atoms with Crippen molar-refractivity contribution in [3.63, 3.8) is 0 Å². The quantitative estimate of drug-likeness (QED) is 0.865. The number of alkyl halides is 1. The first kappa shape index (κ1) is 15.8. The lowest BCUT2D eigenvalue weighted by Gasteiger charge is -2.15. The minimum atomic E-state index is -3.44. The predicted octanol–water partition coefficient (Wildman–Crippen LogP) is 1.79. The topological polar surface area (TPSA) is 95.1 Å². The summed E-state index contributed by atoms with van der Waals surface area (Å²) in [5, 5.41) is -0.494. The monoisotopic (exact) mass is 329 g/mol. The molecule has 0 spiro atoms. The number of benzene rings is 1. The molecule has 0 fully saturated rings.